The number of amides is 1. The summed E-state index contributed by atoms with van der Waals surface area (Å²) in [4.78, 5) is 28.8. The first-order valence-corrected chi connectivity index (χ1v) is 11.3. The van der Waals surface area contributed by atoms with Crippen molar-refractivity contribution in [2.45, 2.75) is 18.9 Å². The van der Waals surface area contributed by atoms with Gasteiger partial charge in [-0.15, -0.1) is 11.3 Å². The third-order valence-electron chi connectivity index (χ3n) is 5.70. The van der Waals surface area contributed by atoms with Crippen molar-refractivity contribution in [1.29, 1.82) is 5.26 Å². The molecule has 9 nitrogen and oxygen atoms in total. The number of rotatable bonds is 4. The number of nitrogen functional groups attached to an aromatic ring is 1. The Morgan fingerprint density at radius 1 is 1.27 bits per heavy atom. The van der Waals surface area contributed by atoms with Crippen molar-refractivity contribution in [2.75, 3.05) is 18.8 Å². The molecule has 164 valence electrons. The molecule has 1 aliphatic rings. The van der Waals surface area contributed by atoms with Gasteiger partial charge in [-0.05, 0) is 43.2 Å². The monoisotopic (exact) mass is 456 g/mol. The lowest BCUT2D eigenvalue weighted by atomic mass is 10.1. The van der Waals surface area contributed by atoms with Crippen molar-refractivity contribution in [3.8, 4) is 27.2 Å². The van der Waals surface area contributed by atoms with Gasteiger partial charge < -0.3 is 10.6 Å². The molecule has 0 radical (unpaired) electrons. The summed E-state index contributed by atoms with van der Waals surface area (Å²) in [6.07, 6.45) is 4.52. The molecule has 1 amide bonds. The minimum atomic E-state index is -0.0828. The highest BCUT2D eigenvalue weighted by molar-refractivity contribution is 7.18. The van der Waals surface area contributed by atoms with Crippen molar-refractivity contribution in [1.82, 2.24) is 29.6 Å². The Balaban J connectivity index is 1.58. The molecule has 5 rings (SSSR count). The largest absolute Gasteiger partial charge is 0.383 e. The zero-order valence-corrected chi connectivity index (χ0v) is 18.5. The highest BCUT2D eigenvalue weighted by Gasteiger charge is 2.28. The van der Waals surface area contributed by atoms with Crippen LogP contribution in [0.15, 0.2) is 49.3 Å². The molecule has 0 aliphatic carbocycles. The van der Waals surface area contributed by atoms with E-state index in [4.69, 9.17) is 16.1 Å². The predicted octanol–water partition coefficient (Wildman–Crippen LogP) is 3.42. The molecule has 0 spiro atoms. The number of nitrogens with zero attached hydrogens (tertiary/aromatic N) is 7. The van der Waals surface area contributed by atoms with Crippen LogP contribution in [0.3, 0.4) is 0 Å². The topological polar surface area (TPSA) is 127 Å². The molecule has 1 aliphatic heterocycles. The summed E-state index contributed by atoms with van der Waals surface area (Å²) < 4.78 is 1.87. The summed E-state index contributed by atoms with van der Waals surface area (Å²) in [5, 5.41) is 14.8. The average Bonchev–Trinajstić information content (AvgIpc) is 3.50. The maximum absolute atomic E-state index is 12.2. The van der Waals surface area contributed by atoms with Crippen LogP contribution in [0.25, 0.3) is 32.2 Å². The number of thiophene rings is 1. The van der Waals surface area contributed by atoms with Crippen LogP contribution in [0.1, 0.15) is 24.6 Å². The van der Waals surface area contributed by atoms with Crippen LogP contribution >= 0.6 is 11.3 Å². The quantitative estimate of drug-likeness (QED) is 0.466. The minimum absolute atomic E-state index is 0.0263. The van der Waals surface area contributed by atoms with Gasteiger partial charge in [-0.1, -0.05) is 12.6 Å². The molecule has 4 aromatic rings. The van der Waals surface area contributed by atoms with Gasteiger partial charge in [-0.3, -0.25) is 4.79 Å². The third kappa shape index (κ3) is 3.72. The van der Waals surface area contributed by atoms with E-state index in [0.29, 0.717) is 41.3 Å². The van der Waals surface area contributed by atoms with E-state index < -0.39 is 0 Å². The van der Waals surface area contributed by atoms with Crippen LogP contribution in [0.5, 0.6) is 0 Å². The summed E-state index contributed by atoms with van der Waals surface area (Å²) in [6.45, 7) is 4.84. The number of hydrogen-bond acceptors (Lipinski definition) is 8. The third-order valence-corrected chi connectivity index (χ3v) is 6.82. The number of anilines is 1. The van der Waals surface area contributed by atoms with Gasteiger partial charge in [0.2, 0.25) is 5.91 Å². The minimum Gasteiger partial charge on any atom is -0.383 e. The number of piperidine rings is 1. The molecule has 1 saturated heterocycles. The van der Waals surface area contributed by atoms with E-state index >= 15 is 0 Å². The fourth-order valence-corrected chi connectivity index (χ4v) is 5.11. The second kappa shape index (κ2) is 8.44. The Bertz CT molecular complexity index is 1420. The van der Waals surface area contributed by atoms with Gasteiger partial charge in [0.05, 0.1) is 26.9 Å². The number of carbonyl (C=O) groups is 1. The summed E-state index contributed by atoms with van der Waals surface area (Å²) in [7, 11) is 0. The van der Waals surface area contributed by atoms with Gasteiger partial charge >= 0.3 is 0 Å². The lowest BCUT2D eigenvalue weighted by molar-refractivity contribution is -0.127. The zero-order valence-electron chi connectivity index (χ0n) is 17.7. The highest BCUT2D eigenvalue weighted by atomic mass is 32.1. The van der Waals surface area contributed by atoms with Gasteiger partial charge in [0, 0.05) is 13.1 Å². The van der Waals surface area contributed by atoms with E-state index in [-0.39, 0.29) is 11.9 Å². The van der Waals surface area contributed by atoms with Gasteiger partial charge in [0.25, 0.3) is 0 Å². The summed E-state index contributed by atoms with van der Waals surface area (Å²) in [5.74, 6) is 0.274. The number of hydrogen-bond donors (Lipinski definition) is 1. The molecule has 0 bridgehead atoms. The van der Waals surface area contributed by atoms with Gasteiger partial charge in [-0.25, -0.2) is 19.6 Å². The SMILES string of the molecule is C=CC(=O)N1CCC[C@@H](n2nc(-c3ccc(-c4cccc(C#N)n4)s3)c3c(N)ncnc32)C1. The predicted molar refractivity (Wildman–Crippen MR) is 126 cm³/mol. The molecule has 10 heteroatoms. The van der Waals surface area contributed by atoms with E-state index in [9.17, 15) is 4.79 Å². The average molecular weight is 457 g/mol. The molecule has 33 heavy (non-hydrogen) atoms. The number of aromatic nitrogens is 5. The number of carbonyl (C=O) groups excluding carboxylic acids is 1. The fraction of sp³-hybridized carbons (Fsp3) is 0.217. The van der Waals surface area contributed by atoms with Crippen molar-refractivity contribution >= 4 is 34.1 Å². The number of nitrogens with two attached hydrogens (primary N) is 1. The molecule has 1 fully saturated rings. The van der Waals surface area contributed by atoms with E-state index in [1.54, 1.807) is 11.0 Å². The first-order valence-electron chi connectivity index (χ1n) is 10.5. The maximum atomic E-state index is 12.2. The maximum Gasteiger partial charge on any atom is 0.246 e. The second-order valence-corrected chi connectivity index (χ2v) is 8.80. The van der Waals surface area contributed by atoms with Crippen LogP contribution in [0.2, 0.25) is 0 Å². The van der Waals surface area contributed by atoms with E-state index in [2.05, 4.69) is 27.6 Å². The highest BCUT2D eigenvalue weighted by Crippen LogP contribution is 2.39. The molecule has 2 N–H and O–H groups in total. The Morgan fingerprint density at radius 2 is 2.12 bits per heavy atom. The zero-order chi connectivity index (χ0) is 22.9. The number of fused-ring (bicyclic) bond motifs is 1. The molecule has 0 saturated carbocycles. The van der Waals surface area contributed by atoms with Crippen LogP contribution in [-0.2, 0) is 4.79 Å². The standard InChI is InChI=1S/C23H20N8OS/c1-2-19(32)30-10-4-6-15(12-30)31-23-20(22(25)26-13-27-23)21(29-31)18-9-8-17(33-18)16-7-3-5-14(11-24)28-16/h2-3,5,7-9,13,15H,1,4,6,10,12H2,(H2,25,26,27)/t15-/m1/s1. The normalized spacial score (nSPS) is 16.0. The van der Waals surface area contributed by atoms with Crippen molar-refractivity contribution in [2.24, 2.45) is 0 Å². The van der Waals surface area contributed by atoms with Crippen LogP contribution in [0.4, 0.5) is 5.82 Å². The van der Waals surface area contributed by atoms with E-state index in [0.717, 1.165) is 28.3 Å². The number of nitriles is 1. The summed E-state index contributed by atoms with van der Waals surface area (Å²) in [5.41, 5.74) is 8.70. The number of likely N-dealkylation sites (tertiary alicyclic amines) is 1. The Morgan fingerprint density at radius 3 is 2.94 bits per heavy atom. The molecular formula is C23H20N8OS. The van der Waals surface area contributed by atoms with Crippen LogP contribution < -0.4 is 5.73 Å². The van der Waals surface area contributed by atoms with Crippen molar-refractivity contribution in [3.05, 3.63) is 55.0 Å². The molecule has 0 aromatic carbocycles. The van der Waals surface area contributed by atoms with Crippen molar-refractivity contribution in [3.63, 3.8) is 0 Å². The lowest BCUT2D eigenvalue weighted by Gasteiger charge is -2.32. The molecule has 0 unspecified atom stereocenters. The van der Waals surface area contributed by atoms with Crippen LogP contribution in [-0.4, -0.2) is 48.6 Å². The molecule has 4 aromatic heterocycles. The van der Waals surface area contributed by atoms with Crippen molar-refractivity contribution < 1.29 is 4.79 Å². The van der Waals surface area contributed by atoms with E-state index in [1.165, 1.54) is 23.7 Å². The molecular weight excluding hydrogens is 436 g/mol. The summed E-state index contributed by atoms with van der Waals surface area (Å²) in [6, 6.07) is 11.3. The summed E-state index contributed by atoms with van der Waals surface area (Å²) >= 11 is 1.51. The van der Waals surface area contributed by atoms with Gasteiger partial charge in [0.15, 0.2) is 5.65 Å². The van der Waals surface area contributed by atoms with E-state index in [1.807, 2.05) is 28.9 Å². The molecule has 5 heterocycles. The first kappa shape index (κ1) is 20.8. The Labute approximate surface area is 193 Å². The van der Waals surface area contributed by atoms with Gasteiger partial charge in [-0.2, -0.15) is 10.4 Å². The Kier molecular flexibility index (Phi) is 5.32. The first-order chi connectivity index (χ1) is 16.1. The molecule has 1 atom stereocenters. The second-order valence-electron chi connectivity index (χ2n) is 7.72. The Hall–Kier alpha value is -4.10. The number of pyridine rings is 1. The van der Waals surface area contributed by atoms with Crippen LogP contribution in [0, 0.1) is 11.3 Å². The lowest BCUT2D eigenvalue weighted by Crippen LogP contribution is -2.40. The fourth-order valence-electron chi connectivity index (χ4n) is 4.14. The smallest absolute Gasteiger partial charge is 0.246 e. The van der Waals surface area contributed by atoms with Gasteiger partial charge in [0.1, 0.15) is 29.6 Å².